The van der Waals surface area contributed by atoms with Crippen molar-refractivity contribution in [3.63, 3.8) is 0 Å². The summed E-state index contributed by atoms with van der Waals surface area (Å²) in [4.78, 5) is 15.6. The van der Waals surface area contributed by atoms with Crippen LogP contribution in [0.3, 0.4) is 0 Å². The highest BCUT2D eigenvalue weighted by Crippen LogP contribution is 2.56. The van der Waals surface area contributed by atoms with E-state index in [0.717, 1.165) is 32.6 Å². The van der Waals surface area contributed by atoms with Gasteiger partial charge in [-0.1, -0.05) is 13.3 Å². The number of aromatic nitrogens is 2. The summed E-state index contributed by atoms with van der Waals surface area (Å²) < 4.78 is 2.02. The van der Waals surface area contributed by atoms with Crippen molar-refractivity contribution in [1.29, 1.82) is 0 Å². The Morgan fingerprint density at radius 3 is 2.68 bits per heavy atom. The number of aryl methyl sites for hydroxylation is 1. The molecule has 1 amide bonds. The molecule has 4 rings (SSSR count). The summed E-state index contributed by atoms with van der Waals surface area (Å²) in [6.07, 6.45) is 6.98. The number of piperidine rings is 1. The standard InChI is InChI=1S/C19H30N4O2/c1-3-15-17(12-19(15)7-11-23(13-19)18(24)25)22-9-5-14(6-10-22)16-4-8-20-21(16)2/h4,8,14-15,17H,3,5-7,9-13H2,1-2H3,(H,24,25). The van der Waals surface area contributed by atoms with E-state index in [9.17, 15) is 9.90 Å². The van der Waals surface area contributed by atoms with Gasteiger partial charge in [-0.15, -0.1) is 0 Å². The number of likely N-dealkylation sites (tertiary alicyclic amines) is 2. The zero-order valence-electron chi connectivity index (χ0n) is 15.4. The number of carbonyl (C=O) groups is 1. The summed E-state index contributed by atoms with van der Waals surface area (Å²) in [6.45, 7) is 6.08. The molecule has 0 radical (unpaired) electrons. The molecule has 1 N–H and O–H groups in total. The van der Waals surface area contributed by atoms with Crippen molar-refractivity contribution in [2.75, 3.05) is 26.2 Å². The fourth-order valence-corrected chi connectivity index (χ4v) is 5.89. The van der Waals surface area contributed by atoms with Gasteiger partial charge >= 0.3 is 6.09 Å². The van der Waals surface area contributed by atoms with Gasteiger partial charge in [0.15, 0.2) is 0 Å². The SMILES string of the molecule is CCC1C(N2CCC(c3ccnn3C)CC2)CC12CCN(C(=O)O)C2. The summed E-state index contributed by atoms with van der Waals surface area (Å²) in [5, 5.41) is 13.6. The third-order valence-electron chi connectivity index (χ3n) is 7.24. The predicted molar refractivity (Wildman–Crippen MR) is 95.6 cm³/mol. The number of hydrogen-bond donors (Lipinski definition) is 1. The molecular formula is C19H30N4O2. The van der Waals surface area contributed by atoms with Crippen molar-refractivity contribution < 1.29 is 9.90 Å². The molecule has 0 bridgehead atoms. The van der Waals surface area contributed by atoms with Crippen LogP contribution in [0.1, 0.15) is 50.6 Å². The van der Waals surface area contributed by atoms with Crippen molar-refractivity contribution in [3.05, 3.63) is 18.0 Å². The Kier molecular flexibility index (Phi) is 4.26. The molecule has 2 saturated heterocycles. The van der Waals surface area contributed by atoms with Gasteiger partial charge in [0, 0.05) is 44.0 Å². The van der Waals surface area contributed by atoms with Crippen LogP contribution in [0.4, 0.5) is 4.79 Å². The quantitative estimate of drug-likeness (QED) is 0.914. The number of nitrogens with zero attached hydrogens (tertiary/aromatic N) is 4. The third-order valence-corrected chi connectivity index (χ3v) is 7.24. The molecule has 3 aliphatic rings. The molecule has 1 saturated carbocycles. The van der Waals surface area contributed by atoms with E-state index in [1.54, 1.807) is 4.90 Å². The Morgan fingerprint density at radius 2 is 2.12 bits per heavy atom. The van der Waals surface area contributed by atoms with E-state index in [1.165, 1.54) is 31.4 Å². The molecule has 6 nitrogen and oxygen atoms in total. The summed E-state index contributed by atoms with van der Waals surface area (Å²) in [7, 11) is 2.04. The Hall–Kier alpha value is -1.56. The monoisotopic (exact) mass is 346 g/mol. The average Bonchev–Trinajstić information content (AvgIpc) is 3.21. The number of rotatable bonds is 3. The smallest absolute Gasteiger partial charge is 0.407 e. The van der Waals surface area contributed by atoms with Crippen LogP contribution >= 0.6 is 0 Å². The van der Waals surface area contributed by atoms with E-state index in [4.69, 9.17) is 0 Å². The zero-order valence-corrected chi connectivity index (χ0v) is 15.4. The first kappa shape index (κ1) is 16.9. The van der Waals surface area contributed by atoms with E-state index in [2.05, 4.69) is 23.0 Å². The molecule has 3 heterocycles. The van der Waals surface area contributed by atoms with Crippen molar-refractivity contribution in [3.8, 4) is 0 Å². The van der Waals surface area contributed by atoms with Gasteiger partial charge in [-0.3, -0.25) is 4.68 Å². The maximum absolute atomic E-state index is 11.3. The molecule has 3 fully saturated rings. The molecule has 1 aromatic rings. The first-order valence-corrected chi connectivity index (χ1v) is 9.74. The molecule has 1 spiro atoms. The molecule has 3 unspecified atom stereocenters. The highest BCUT2D eigenvalue weighted by atomic mass is 16.4. The fraction of sp³-hybridized carbons (Fsp3) is 0.789. The van der Waals surface area contributed by atoms with Crippen LogP contribution < -0.4 is 0 Å². The topological polar surface area (TPSA) is 61.6 Å². The fourth-order valence-electron chi connectivity index (χ4n) is 5.89. The number of amides is 1. The zero-order chi connectivity index (χ0) is 17.6. The maximum atomic E-state index is 11.3. The predicted octanol–water partition coefficient (Wildman–Crippen LogP) is 2.77. The van der Waals surface area contributed by atoms with Gasteiger partial charge in [0.1, 0.15) is 0 Å². The first-order chi connectivity index (χ1) is 12.0. The van der Waals surface area contributed by atoms with Crippen LogP contribution in [-0.4, -0.2) is 63.0 Å². The van der Waals surface area contributed by atoms with Crippen molar-refractivity contribution in [1.82, 2.24) is 19.6 Å². The van der Waals surface area contributed by atoms with Gasteiger partial charge in [0.2, 0.25) is 0 Å². The lowest BCUT2D eigenvalue weighted by Crippen LogP contribution is -2.61. The lowest BCUT2D eigenvalue weighted by atomic mass is 9.54. The van der Waals surface area contributed by atoms with Gasteiger partial charge in [0.25, 0.3) is 0 Å². The lowest BCUT2D eigenvalue weighted by molar-refractivity contribution is -0.0776. The number of hydrogen-bond acceptors (Lipinski definition) is 3. The summed E-state index contributed by atoms with van der Waals surface area (Å²) in [5.74, 6) is 1.29. The van der Waals surface area contributed by atoms with E-state index in [-0.39, 0.29) is 5.41 Å². The van der Waals surface area contributed by atoms with E-state index in [1.807, 2.05) is 17.9 Å². The molecule has 25 heavy (non-hydrogen) atoms. The molecular weight excluding hydrogens is 316 g/mol. The summed E-state index contributed by atoms with van der Waals surface area (Å²) in [5.41, 5.74) is 1.63. The molecule has 1 aromatic heterocycles. The van der Waals surface area contributed by atoms with Gasteiger partial charge in [-0.05, 0) is 56.2 Å². The lowest BCUT2D eigenvalue weighted by Gasteiger charge is -2.58. The van der Waals surface area contributed by atoms with E-state index in [0.29, 0.717) is 17.9 Å². The molecule has 0 aromatic carbocycles. The Bertz CT molecular complexity index is 637. The minimum Gasteiger partial charge on any atom is -0.465 e. The minimum atomic E-state index is -0.743. The van der Waals surface area contributed by atoms with Crippen molar-refractivity contribution >= 4 is 6.09 Å². The molecule has 1 aliphatic carbocycles. The minimum absolute atomic E-state index is 0.261. The summed E-state index contributed by atoms with van der Waals surface area (Å²) >= 11 is 0. The molecule has 2 aliphatic heterocycles. The van der Waals surface area contributed by atoms with Crippen LogP contribution in [0.25, 0.3) is 0 Å². The van der Waals surface area contributed by atoms with Crippen LogP contribution in [0.15, 0.2) is 12.3 Å². The van der Waals surface area contributed by atoms with Crippen molar-refractivity contribution in [2.24, 2.45) is 18.4 Å². The van der Waals surface area contributed by atoms with Gasteiger partial charge < -0.3 is 14.9 Å². The third kappa shape index (κ3) is 2.75. The number of carboxylic acid groups (broad SMARTS) is 1. The normalized spacial score (nSPS) is 33.8. The van der Waals surface area contributed by atoms with Gasteiger partial charge in [-0.25, -0.2) is 4.79 Å². The second kappa shape index (κ2) is 6.31. The van der Waals surface area contributed by atoms with Crippen LogP contribution in [0.5, 0.6) is 0 Å². The largest absolute Gasteiger partial charge is 0.465 e. The molecule has 3 atom stereocenters. The van der Waals surface area contributed by atoms with Crippen LogP contribution in [0.2, 0.25) is 0 Å². The Labute approximate surface area is 149 Å². The maximum Gasteiger partial charge on any atom is 0.407 e. The summed E-state index contributed by atoms with van der Waals surface area (Å²) in [6, 6.07) is 2.82. The molecule has 138 valence electrons. The Balaban J connectivity index is 1.36. The first-order valence-electron chi connectivity index (χ1n) is 9.74. The second-order valence-corrected chi connectivity index (χ2v) is 8.29. The van der Waals surface area contributed by atoms with E-state index >= 15 is 0 Å². The highest BCUT2D eigenvalue weighted by molar-refractivity contribution is 5.65. The van der Waals surface area contributed by atoms with Gasteiger partial charge in [-0.2, -0.15) is 5.10 Å². The average molecular weight is 346 g/mol. The highest BCUT2D eigenvalue weighted by Gasteiger charge is 2.57. The second-order valence-electron chi connectivity index (χ2n) is 8.29. The van der Waals surface area contributed by atoms with Crippen LogP contribution in [-0.2, 0) is 7.05 Å². The van der Waals surface area contributed by atoms with Gasteiger partial charge in [0.05, 0.1) is 0 Å². The Morgan fingerprint density at radius 1 is 1.36 bits per heavy atom. The molecule has 6 heteroatoms. The van der Waals surface area contributed by atoms with E-state index < -0.39 is 6.09 Å². The van der Waals surface area contributed by atoms with Crippen molar-refractivity contribution in [2.45, 2.75) is 51.0 Å². The van der Waals surface area contributed by atoms with Crippen LogP contribution in [0, 0.1) is 11.3 Å².